The highest BCUT2D eigenvalue weighted by Gasteiger charge is 2.02. The van der Waals surface area contributed by atoms with Gasteiger partial charge in [0.1, 0.15) is 18.2 Å². The summed E-state index contributed by atoms with van der Waals surface area (Å²) in [5.74, 6) is 0.445. The van der Waals surface area contributed by atoms with Crippen molar-refractivity contribution >= 4 is 5.69 Å². The van der Waals surface area contributed by atoms with Crippen LogP contribution in [0.25, 0.3) is 0 Å². The lowest BCUT2D eigenvalue weighted by Crippen LogP contribution is -2.00. The third-order valence-corrected chi connectivity index (χ3v) is 2.52. The van der Waals surface area contributed by atoms with Crippen LogP contribution in [-0.2, 0) is 6.61 Å². The molecule has 0 saturated heterocycles. The fraction of sp³-hybridized carbons (Fsp3) is 0.143. The van der Waals surface area contributed by atoms with E-state index in [0.717, 1.165) is 11.3 Å². The second-order valence-electron chi connectivity index (χ2n) is 3.94. The quantitative estimate of drug-likeness (QED) is 0.822. The zero-order valence-electron chi connectivity index (χ0n) is 9.61. The third kappa shape index (κ3) is 2.97. The van der Waals surface area contributed by atoms with Gasteiger partial charge in [-0.05, 0) is 31.2 Å². The van der Waals surface area contributed by atoms with Gasteiger partial charge >= 0.3 is 0 Å². The maximum absolute atomic E-state index is 12.8. The maximum Gasteiger partial charge on any atom is 0.125 e. The van der Waals surface area contributed by atoms with Gasteiger partial charge in [-0.3, -0.25) is 0 Å². The number of nitrogens with two attached hydrogens (primary N) is 1. The van der Waals surface area contributed by atoms with Crippen molar-refractivity contribution in [1.29, 1.82) is 0 Å². The lowest BCUT2D eigenvalue weighted by atomic mass is 10.2. The fourth-order valence-corrected chi connectivity index (χ4v) is 1.49. The highest BCUT2D eigenvalue weighted by molar-refractivity contribution is 5.46. The molecule has 0 fully saturated rings. The highest BCUT2D eigenvalue weighted by atomic mass is 19.1. The van der Waals surface area contributed by atoms with Crippen molar-refractivity contribution in [3.8, 4) is 5.75 Å². The number of rotatable bonds is 3. The molecule has 0 heterocycles. The SMILES string of the molecule is Cc1ccc(OCc2ccc(F)cc2N)cc1. The number of halogens is 1. The molecule has 0 saturated carbocycles. The molecule has 2 aromatic rings. The molecule has 2 N–H and O–H groups in total. The Labute approximate surface area is 99.8 Å². The molecule has 0 atom stereocenters. The molecular formula is C14H14FNO. The van der Waals surface area contributed by atoms with E-state index in [1.165, 1.54) is 17.7 Å². The van der Waals surface area contributed by atoms with Crippen molar-refractivity contribution in [3.63, 3.8) is 0 Å². The molecule has 0 unspecified atom stereocenters. The molecular weight excluding hydrogens is 217 g/mol. The van der Waals surface area contributed by atoms with Gasteiger partial charge in [0.05, 0.1) is 0 Å². The molecule has 17 heavy (non-hydrogen) atoms. The number of ether oxygens (including phenoxy) is 1. The van der Waals surface area contributed by atoms with E-state index < -0.39 is 0 Å². The molecule has 0 amide bonds. The molecule has 2 aromatic carbocycles. The van der Waals surface area contributed by atoms with Crippen molar-refractivity contribution < 1.29 is 9.13 Å². The minimum absolute atomic E-state index is 0.332. The van der Waals surface area contributed by atoms with Gasteiger partial charge in [0.25, 0.3) is 0 Å². The Morgan fingerprint density at radius 3 is 2.47 bits per heavy atom. The van der Waals surface area contributed by atoms with Gasteiger partial charge in [0.15, 0.2) is 0 Å². The Morgan fingerprint density at radius 1 is 1.12 bits per heavy atom. The van der Waals surface area contributed by atoms with E-state index in [-0.39, 0.29) is 5.82 Å². The molecule has 0 bridgehead atoms. The summed E-state index contributed by atoms with van der Waals surface area (Å²) < 4.78 is 18.4. The maximum atomic E-state index is 12.8. The minimum Gasteiger partial charge on any atom is -0.489 e. The first-order chi connectivity index (χ1) is 8.15. The van der Waals surface area contributed by atoms with Crippen LogP contribution in [0.4, 0.5) is 10.1 Å². The summed E-state index contributed by atoms with van der Waals surface area (Å²) in [5, 5.41) is 0. The largest absolute Gasteiger partial charge is 0.489 e. The summed E-state index contributed by atoms with van der Waals surface area (Å²) in [6.45, 7) is 2.36. The van der Waals surface area contributed by atoms with Crippen molar-refractivity contribution in [3.05, 3.63) is 59.4 Å². The van der Waals surface area contributed by atoms with Crippen molar-refractivity contribution in [2.24, 2.45) is 0 Å². The predicted molar refractivity (Wildman–Crippen MR) is 66.3 cm³/mol. The number of nitrogen functional groups attached to an aromatic ring is 1. The average Bonchev–Trinajstić information content (AvgIpc) is 2.30. The van der Waals surface area contributed by atoms with Gasteiger partial charge in [0.2, 0.25) is 0 Å². The van der Waals surface area contributed by atoms with Gasteiger partial charge < -0.3 is 10.5 Å². The Balaban J connectivity index is 2.04. The lowest BCUT2D eigenvalue weighted by Gasteiger charge is -2.08. The van der Waals surface area contributed by atoms with Crippen LogP contribution in [0.1, 0.15) is 11.1 Å². The van der Waals surface area contributed by atoms with E-state index in [9.17, 15) is 4.39 Å². The van der Waals surface area contributed by atoms with E-state index in [1.54, 1.807) is 6.07 Å². The summed E-state index contributed by atoms with van der Waals surface area (Å²) in [4.78, 5) is 0. The molecule has 0 aliphatic carbocycles. The third-order valence-electron chi connectivity index (χ3n) is 2.52. The van der Waals surface area contributed by atoms with Crippen molar-refractivity contribution in [1.82, 2.24) is 0 Å². The van der Waals surface area contributed by atoms with E-state index >= 15 is 0 Å². The molecule has 2 nitrogen and oxygen atoms in total. The molecule has 0 spiro atoms. The molecule has 2 rings (SSSR count). The van der Waals surface area contributed by atoms with Crippen LogP contribution in [0.15, 0.2) is 42.5 Å². The van der Waals surface area contributed by atoms with E-state index in [4.69, 9.17) is 10.5 Å². The summed E-state index contributed by atoms with van der Waals surface area (Å²) in [6, 6.07) is 12.1. The van der Waals surface area contributed by atoms with Gasteiger partial charge in [-0.1, -0.05) is 23.8 Å². The first kappa shape index (κ1) is 11.5. The van der Waals surface area contributed by atoms with Crippen molar-refractivity contribution in [2.75, 3.05) is 5.73 Å². The predicted octanol–water partition coefficient (Wildman–Crippen LogP) is 3.30. The number of aryl methyl sites for hydroxylation is 1. The Bertz CT molecular complexity index is 508. The fourth-order valence-electron chi connectivity index (χ4n) is 1.49. The monoisotopic (exact) mass is 231 g/mol. The molecule has 3 heteroatoms. The first-order valence-corrected chi connectivity index (χ1v) is 5.38. The Morgan fingerprint density at radius 2 is 1.82 bits per heavy atom. The van der Waals surface area contributed by atoms with Gasteiger partial charge in [-0.25, -0.2) is 4.39 Å². The number of benzene rings is 2. The van der Waals surface area contributed by atoms with Crippen LogP contribution in [-0.4, -0.2) is 0 Å². The topological polar surface area (TPSA) is 35.2 Å². The number of anilines is 1. The second kappa shape index (κ2) is 4.87. The van der Waals surface area contributed by atoms with Crippen molar-refractivity contribution in [2.45, 2.75) is 13.5 Å². The highest BCUT2D eigenvalue weighted by Crippen LogP contribution is 2.17. The lowest BCUT2D eigenvalue weighted by molar-refractivity contribution is 0.306. The number of hydrogen-bond acceptors (Lipinski definition) is 2. The summed E-state index contributed by atoms with van der Waals surface area (Å²) >= 11 is 0. The molecule has 0 aliphatic rings. The standard InChI is InChI=1S/C14H14FNO/c1-10-2-6-13(7-3-10)17-9-11-4-5-12(15)8-14(11)16/h2-8H,9,16H2,1H3. The van der Waals surface area contributed by atoms with Gasteiger partial charge in [-0.2, -0.15) is 0 Å². The Kier molecular flexibility index (Phi) is 3.28. The average molecular weight is 231 g/mol. The normalized spacial score (nSPS) is 10.2. The minimum atomic E-state index is -0.332. The summed E-state index contributed by atoms with van der Waals surface area (Å²) in [7, 11) is 0. The molecule has 0 aromatic heterocycles. The summed E-state index contributed by atoms with van der Waals surface area (Å²) in [6.07, 6.45) is 0. The van der Waals surface area contributed by atoms with Crippen LogP contribution in [0, 0.1) is 12.7 Å². The number of hydrogen-bond donors (Lipinski definition) is 1. The van der Waals surface area contributed by atoms with E-state index in [0.29, 0.717) is 12.3 Å². The van der Waals surface area contributed by atoms with E-state index in [1.807, 2.05) is 31.2 Å². The Hall–Kier alpha value is -2.03. The zero-order valence-corrected chi connectivity index (χ0v) is 9.61. The second-order valence-corrected chi connectivity index (χ2v) is 3.94. The van der Waals surface area contributed by atoms with Gasteiger partial charge in [-0.15, -0.1) is 0 Å². The molecule has 88 valence electrons. The van der Waals surface area contributed by atoms with Crippen LogP contribution in [0.5, 0.6) is 5.75 Å². The van der Waals surface area contributed by atoms with E-state index in [2.05, 4.69) is 0 Å². The van der Waals surface area contributed by atoms with Crippen LogP contribution < -0.4 is 10.5 Å². The van der Waals surface area contributed by atoms with Crippen LogP contribution in [0.2, 0.25) is 0 Å². The van der Waals surface area contributed by atoms with Crippen LogP contribution in [0.3, 0.4) is 0 Å². The zero-order chi connectivity index (χ0) is 12.3. The molecule has 0 radical (unpaired) electrons. The first-order valence-electron chi connectivity index (χ1n) is 5.38. The summed E-state index contributed by atoms with van der Waals surface area (Å²) in [5.41, 5.74) is 8.07. The molecule has 0 aliphatic heterocycles. The van der Waals surface area contributed by atoms with Gasteiger partial charge in [0, 0.05) is 11.3 Å². The smallest absolute Gasteiger partial charge is 0.125 e. The van der Waals surface area contributed by atoms with Crippen LogP contribution >= 0.6 is 0 Å².